The van der Waals surface area contributed by atoms with Crippen LogP contribution in [0.25, 0.3) is 0 Å². The Labute approximate surface area is 461 Å². The van der Waals surface area contributed by atoms with Crippen LogP contribution < -0.4 is 0 Å². The maximum Gasteiger partial charge on any atom is 0.306 e. The Morgan fingerprint density at radius 2 is 0.507 bits per heavy atom. The van der Waals surface area contributed by atoms with Crippen molar-refractivity contribution in [3.05, 3.63) is 146 Å². The molecule has 0 aromatic carbocycles. The minimum atomic E-state index is -0.820. The first-order valence-electron chi connectivity index (χ1n) is 30.3. The summed E-state index contributed by atoms with van der Waals surface area (Å²) in [7, 11) is 0. The number of esters is 3. The van der Waals surface area contributed by atoms with E-state index in [0.29, 0.717) is 19.3 Å². The summed E-state index contributed by atoms with van der Waals surface area (Å²) >= 11 is 0. The van der Waals surface area contributed by atoms with E-state index < -0.39 is 6.10 Å². The minimum Gasteiger partial charge on any atom is -0.462 e. The quantitative estimate of drug-likeness (QED) is 0.0261. The second kappa shape index (κ2) is 61.8. The van der Waals surface area contributed by atoms with Gasteiger partial charge in [0.2, 0.25) is 0 Å². The Kier molecular flexibility index (Phi) is 58.0. The van der Waals surface area contributed by atoms with Crippen LogP contribution >= 0.6 is 0 Å². The smallest absolute Gasteiger partial charge is 0.306 e. The molecular formula is C69H110O6. The highest BCUT2D eigenvalue weighted by Gasteiger charge is 2.19. The van der Waals surface area contributed by atoms with E-state index >= 15 is 0 Å². The maximum absolute atomic E-state index is 12.9. The van der Waals surface area contributed by atoms with Crippen molar-refractivity contribution in [1.82, 2.24) is 0 Å². The molecule has 0 bridgehead atoms. The van der Waals surface area contributed by atoms with E-state index in [-0.39, 0.29) is 37.5 Å². The van der Waals surface area contributed by atoms with E-state index in [4.69, 9.17) is 14.2 Å². The lowest BCUT2D eigenvalue weighted by molar-refractivity contribution is -0.166. The van der Waals surface area contributed by atoms with E-state index in [1.165, 1.54) is 77.0 Å². The molecule has 75 heavy (non-hydrogen) atoms. The van der Waals surface area contributed by atoms with Gasteiger partial charge in [-0.1, -0.05) is 256 Å². The average molecular weight is 1040 g/mol. The Bertz CT molecular complexity index is 1660. The molecular weight excluding hydrogens is 925 g/mol. The van der Waals surface area contributed by atoms with Crippen molar-refractivity contribution in [1.29, 1.82) is 0 Å². The molecule has 0 aromatic heterocycles. The highest BCUT2D eigenvalue weighted by atomic mass is 16.6. The number of carbonyl (C=O) groups excluding carboxylic acids is 3. The van der Waals surface area contributed by atoms with Crippen LogP contribution in [0.15, 0.2) is 146 Å². The maximum atomic E-state index is 12.9. The molecule has 1 atom stereocenters. The van der Waals surface area contributed by atoms with Gasteiger partial charge in [0.1, 0.15) is 13.2 Å². The summed E-state index contributed by atoms with van der Waals surface area (Å²) in [4.78, 5) is 38.2. The van der Waals surface area contributed by atoms with E-state index in [1.807, 2.05) is 12.2 Å². The Morgan fingerprint density at radius 1 is 0.267 bits per heavy atom. The number of hydrogen-bond donors (Lipinski definition) is 0. The molecule has 1 unspecified atom stereocenters. The number of ether oxygens (including phenoxy) is 3. The van der Waals surface area contributed by atoms with Gasteiger partial charge in [0.15, 0.2) is 6.10 Å². The third-order valence-corrected chi connectivity index (χ3v) is 12.3. The number of unbranched alkanes of at least 4 members (excludes halogenated alkanes) is 18. The summed E-state index contributed by atoms with van der Waals surface area (Å²) in [6.45, 7) is 6.22. The van der Waals surface area contributed by atoms with Crippen molar-refractivity contribution < 1.29 is 28.6 Å². The lowest BCUT2D eigenvalue weighted by atomic mass is 10.0. The lowest BCUT2D eigenvalue weighted by Crippen LogP contribution is -2.30. The van der Waals surface area contributed by atoms with Gasteiger partial charge in [-0.05, 0) is 122 Å². The number of hydrogen-bond acceptors (Lipinski definition) is 6. The van der Waals surface area contributed by atoms with Gasteiger partial charge < -0.3 is 14.2 Å². The summed E-state index contributed by atoms with van der Waals surface area (Å²) in [5, 5.41) is 0. The molecule has 422 valence electrons. The first-order chi connectivity index (χ1) is 37.0. The van der Waals surface area contributed by atoms with Crippen molar-refractivity contribution in [2.45, 2.75) is 258 Å². The van der Waals surface area contributed by atoms with Gasteiger partial charge in [0, 0.05) is 19.3 Å². The zero-order valence-electron chi connectivity index (χ0n) is 48.3. The fourth-order valence-corrected chi connectivity index (χ4v) is 7.91. The molecule has 0 aliphatic heterocycles. The zero-order chi connectivity index (χ0) is 54.3. The van der Waals surface area contributed by atoms with E-state index in [1.54, 1.807) is 0 Å². The molecule has 0 saturated carbocycles. The predicted molar refractivity (Wildman–Crippen MR) is 325 cm³/mol. The first kappa shape index (κ1) is 70.3. The van der Waals surface area contributed by atoms with E-state index in [2.05, 4.69) is 154 Å². The third-order valence-electron chi connectivity index (χ3n) is 12.3. The largest absolute Gasteiger partial charge is 0.462 e. The topological polar surface area (TPSA) is 78.9 Å². The average Bonchev–Trinajstić information content (AvgIpc) is 3.41. The summed E-state index contributed by atoms with van der Waals surface area (Å²) < 4.78 is 16.8. The van der Waals surface area contributed by atoms with Gasteiger partial charge in [0.25, 0.3) is 0 Å². The van der Waals surface area contributed by atoms with Gasteiger partial charge in [-0.15, -0.1) is 0 Å². The lowest BCUT2D eigenvalue weighted by Gasteiger charge is -2.18. The minimum absolute atomic E-state index is 0.110. The van der Waals surface area contributed by atoms with Gasteiger partial charge >= 0.3 is 17.9 Å². The summed E-state index contributed by atoms with van der Waals surface area (Å²) in [6, 6.07) is 0. The molecule has 0 saturated heterocycles. The molecule has 0 rings (SSSR count). The molecule has 0 aliphatic carbocycles. The fraction of sp³-hybridized carbons (Fsp3) is 0.609. The van der Waals surface area contributed by atoms with Crippen LogP contribution in [0.5, 0.6) is 0 Å². The van der Waals surface area contributed by atoms with Crippen LogP contribution in [-0.2, 0) is 28.6 Å². The van der Waals surface area contributed by atoms with E-state index in [0.717, 1.165) is 128 Å². The van der Waals surface area contributed by atoms with Gasteiger partial charge in [0.05, 0.1) is 0 Å². The first-order valence-corrected chi connectivity index (χ1v) is 30.3. The molecule has 0 aromatic rings. The van der Waals surface area contributed by atoms with Crippen molar-refractivity contribution in [2.24, 2.45) is 0 Å². The standard InChI is InChI=1S/C69H110O6/c1-4-7-10-13-16-19-22-25-27-29-30-31-32-33-34-35-36-37-38-40-41-44-47-50-53-56-59-62-68(71)74-65-66(64-73-67(70)61-58-55-52-49-46-43-24-21-18-15-12-9-6-3)75-69(72)63-60-57-54-51-48-45-42-39-28-26-23-20-17-14-11-8-5-2/h7-12,16-21,25-28,30-31,33-34,43,46,52,55,66H,4-6,13-15,22-24,29,32,35-42,44-45,47-51,53-54,56-65H2,1-3H3/b10-7-,11-8-,12-9-,19-16-,20-17-,21-18-,27-25-,28-26-,31-30-,34-33-,46-43-,55-52-. The molecule has 6 heteroatoms. The molecule has 0 aliphatic rings. The van der Waals surface area contributed by atoms with Crippen molar-refractivity contribution in [3.63, 3.8) is 0 Å². The highest BCUT2D eigenvalue weighted by Crippen LogP contribution is 2.15. The second-order valence-electron chi connectivity index (χ2n) is 19.5. The molecule has 0 radical (unpaired) electrons. The summed E-state index contributed by atoms with van der Waals surface area (Å²) in [5.41, 5.74) is 0. The molecule has 6 nitrogen and oxygen atoms in total. The van der Waals surface area contributed by atoms with Crippen molar-refractivity contribution in [2.75, 3.05) is 13.2 Å². The molecule has 0 amide bonds. The second-order valence-corrected chi connectivity index (χ2v) is 19.5. The van der Waals surface area contributed by atoms with Crippen LogP contribution in [0, 0.1) is 0 Å². The molecule has 0 fully saturated rings. The number of allylic oxidation sites excluding steroid dienone is 24. The molecule has 0 spiro atoms. The normalized spacial score (nSPS) is 13.2. The summed E-state index contributed by atoms with van der Waals surface area (Å²) in [6.07, 6.45) is 88.6. The van der Waals surface area contributed by atoms with Gasteiger partial charge in [-0.2, -0.15) is 0 Å². The Hall–Kier alpha value is -4.71. The number of carbonyl (C=O) groups is 3. The van der Waals surface area contributed by atoms with E-state index in [9.17, 15) is 14.4 Å². The summed E-state index contributed by atoms with van der Waals surface area (Å²) in [5.74, 6) is -1.01. The van der Waals surface area contributed by atoms with Gasteiger partial charge in [-0.25, -0.2) is 0 Å². The predicted octanol–water partition coefficient (Wildman–Crippen LogP) is 20.8. The Balaban J connectivity index is 4.37. The van der Waals surface area contributed by atoms with Crippen LogP contribution in [0.1, 0.15) is 252 Å². The van der Waals surface area contributed by atoms with Crippen LogP contribution in [0.4, 0.5) is 0 Å². The Morgan fingerprint density at radius 3 is 0.827 bits per heavy atom. The van der Waals surface area contributed by atoms with Crippen molar-refractivity contribution >= 4 is 17.9 Å². The SMILES string of the molecule is CC/C=C\C/C=C\C/C=C\C/C=C\C/C=C\CCCCCCCCCCCCCC(=O)OCC(COC(=O)CC/C=C\C/C=C\C/C=C\C/C=C\CC)OC(=O)CCCCCCCCC/C=C\C/C=C\C/C=C\CC. The highest BCUT2D eigenvalue weighted by molar-refractivity contribution is 5.71. The monoisotopic (exact) mass is 1030 g/mol. The van der Waals surface area contributed by atoms with Crippen LogP contribution in [0.2, 0.25) is 0 Å². The zero-order valence-corrected chi connectivity index (χ0v) is 48.3. The van der Waals surface area contributed by atoms with Crippen LogP contribution in [-0.4, -0.2) is 37.2 Å². The molecule has 0 heterocycles. The molecule has 0 N–H and O–H groups in total. The van der Waals surface area contributed by atoms with Gasteiger partial charge in [-0.3, -0.25) is 14.4 Å². The fourth-order valence-electron chi connectivity index (χ4n) is 7.91. The third kappa shape index (κ3) is 60.0. The number of rotatable bonds is 53. The van der Waals surface area contributed by atoms with Crippen LogP contribution in [0.3, 0.4) is 0 Å². The van der Waals surface area contributed by atoms with Crippen molar-refractivity contribution in [3.8, 4) is 0 Å².